The van der Waals surface area contributed by atoms with Gasteiger partial charge in [0.1, 0.15) is 17.5 Å². The van der Waals surface area contributed by atoms with E-state index in [-0.39, 0.29) is 5.69 Å². The minimum Gasteiger partial charge on any atom is -0.455 e. The molecular weight excluding hydrogens is 238 g/mol. The van der Waals surface area contributed by atoms with Crippen molar-refractivity contribution >= 4 is 17.3 Å². The molecule has 0 radical (unpaired) electrons. The third kappa shape index (κ3) is 2.65. The Kier molecular flexibility index (Phi) is 3.12. The molecule has 84 valence electrons. The van der Waals surface area contributed by atoms with Crippen LogP contribution in [0, 0.1) is 11.3 Å². The first-order valence-corrected chi connectivity index (χ1v) is 5.16. The van der Waals surface area contributed by atoms with Gasteiger partial charge in [-0.05, 0) is 18.2 Å². The molecule has 0 aliphatic rings. The molecule has 0 atom stereocenters. The summed E-state index contributed by atoms with van der Waals surface area (Å²) in [7, 11) is 0. The summed E-state index contributed by atoms with van der Waals surface area (Å²) in [5.41, 5.74) is 6.50. The summed E-state index contributed by atoms with van der Waals surface area (Å²) in [6, 6.07) is 10.0. The molecule has 0 amide bonds. The fourth-order valence-corrected chi connectivity index (χ4v) is 1.42. The van der Waals surface area contributed by atoms with E-state index in [1.54, 1.807) is 24.3 Å². The van der Waals surface area contributed by atoms with Gasteiger partial charge in [0.05, 0.1) is 5.69 Å². The van der Waals surface area contributed by atoms with Crippen molar-refractivity contribution < 1.29 is 4.74 Å². The maximum atomic E-state index is 8.71. The van der Waals surface area contributed by atoms with Crippen LogP contribution in [0.4, 0.5) is 5.69 Å². The average molecular weight is 246 g/mol. The third-order valence-electron chi connectivity index (χ3n) is 2.05. The molecule has 17 heavy (non-hydrogen) atoms. The van der Waals surface area contributed by atoms with Crippen molar-refractivity contribution in [1.82, 2.24) is 4.98 Å². The van der Waals surface area contributed by atoms with Gasteiger partial charge in [-0.2, -0.15) is 5.26 Å². The number of benzene rings is 1. The van der Waals surface area contributed by atoms with Crippen LogP contribution in [-0.2, 0) is 0 Å². The molecule has 0 bridgehead atoms. The quantitative estimate of drug-likeness (QED) is 0.826. The molecule has 0 spiro atoms. The number of ether oxygens (including phenoxy) is 1. The predicted octanol–water partition coefficient (Wildman–Crippen LogP) is 2.98. The topological polar surface area (TPSA) is 71.9 Å². The van der Waals surface area contributed by atoms with Gasteiger partial charge in [0, 0.05) is 23.4 Å². The van der Waals surface area contributed by atoms with Crippen LogP contribution in [0.2, 0.25) is 5.02 Å². The highest BCUT2D eigenvalue weighted by molar-refractivity contribution is 6.30. The summed E-state index contributed by atoms with van der Waals surface area (Å²) in [5, 5.41) is 9.24. The van der Waals surface area contributed by atoms with Gasteiger partial charge in [-0.15, -0.1) is 0 Å². The SMILES string of the molecule is N#Cc1cc(Oc2cc(Cl)ccc2N)ccn1. The smallest absolute Gasteiger partial charge is 0.151 e. The largest absolute Gasteiger partial charge is 0.455 e. The zero-order valence-electron chi connectivity index (χ0n) is 8.72. The van der Waals surface area contributed by atoms with Crippen LogP contribution in [-0.4, -0.2) is 4.98 Å². The third-order valence-corrected chi connectivity index (χ3v) is 2.28. The number of anilines is 1. The summed E-state index contributed by atoms with van der Waals surface area (Å²) in [4.78, 5) is 3.84. The van der Waals surface area contributed by atoms with Gasteiger partial charge in [0.15, 0.2) is 5.75 Å². The van der Waals surface area contributed by atoms with Crippen LogP contribution in [0.5, 0.6) is 11.5 Å². The van der Waals surface area contributed by atoms with Gasteiger partial charge < -0.3 is 10.5 Å². The lowest BCUT2D eigenvalue weighted by atomic mass is 10.3. The van der Waals surface area contributed by atoms with E-state index in [0.29, 0.717) is 22.2 Å². The lowest BCUT2D eigenvalue weighted by Crippen LogP contribution is -1.92. The fraction of sp³-hybridized carbons (Fsp3) is 0. The lowest BCUT2D eigenvalue weighted by Gasteiger charge is -2.08. The number of nitrogen functional groups attached to an aromatic ring is 1. The van der Waals surface area contributed by atoms with E-state index in [1.165, 1.54) is 12.3 Å². The van der Waals surface area contributed by atoms with Gasteiger partial charge in [-0.25, -0.2) is 4.98 Å². The Morgan fingerprint density at radius 3 is 2.88 bits per heavy atom. The first-order valence-electron chi connectivity index (χ1n) is 4.78. The number of halogens is 1. The van der Waals surface area contributed by atoms with Crippen molar-refractivity contribution in [3.05, 3.63) is 47.2 Å². The van der Waals surface area contributed by atoms with Gasteiger partial charge in [0.25, 0.3) is 0 Å². The monoisotopic (exact) mass is 245 g/mol. The Hall–Kier alpha value is -2.25. The molecule has 2 N–H and O–H groups in total. The maximum Gasteiger partial charge on any atom is 0.151 e. The van der Waals surface area contributed by atoms with Crippen molar-refractivity contribution in [1.29, 1.82) is 5.26 Å². The standard InChI is InChI=1S/C12H8ClN3O/c13-8-1-2-11(15)12(5-8)17-10-3-4-16-9(6-10)7-14/h1-6H,15H2. The molecule has 1 heterocycles. The molecule has 0 fully saturated rings. The molecule has 0 saturated heterocycles. The number of pyridine rings is 1. The van der Waals surface area contributed by atoms with Crippen LogP contribution in [0.3, 0.4) is 0 Å². The van der Waals surface area contributed by atoms with Crippen molar-refractivity contribution in [3.63, 3.8) is 0 Å². The summed E-state index contributed by atoms with van der Waals surface area (Å²) < 4.78 is 5.53. The highest BCUT2D eigenvalue weighted by Gasteiger charge is 2.04. The molecule has 2 aromatic rings. The van der Waals surface area contributed by atoms with E-state index in [9.17, 15) is 0 Å². The van der Waals surface area contributed by atoms with Crippen molar-refractivity contribution in [2.24, 2.45) is 0 Å². The number of nitriles is 1. The zero-order valence-corrected chi connectivity index (χ0v) is 9.48. The molecule has 5 heteroatoms. The Labute approximate surface area is 103 Å². The van der Waals surface area contributed by atoms with Gasteiger partial charge in [-0.1, -0.05) is 11.6 Å². The number of hydrogen-bond donors (Lipinski definition) is 1. The van der Waals surface area contributed by atoms with Gasteiger partial charge >= 0.3 is 0 Å². The Morgan fingerprint density at radius 2 is 2.12 bits per heavy atom. The molecule has 0 unspecified atom stereocenters. The average Bonchev–Trinajstić information content (AvgIpc) is 2.34. The Morgan fingerprint density at radius 1 is 1.29 bits per heavy atom. The molecule has 0 aliphatic heterocycles. The highest BCUT2D eigenvalue weighted by atomic mass is 35.5. The molecule has 2 rings (SSSR count). The van der Waals surface area contributed by atoms with Crippen molar-refractivity contribution in [2.45, 2.75) is 0 Å². The summed E-state index contributed by atoms with van der Waals surface area (Å²) in [6.07, 6.45) is 1.49. The van der Waals surface area contributed by atoms with E-state index in [4.69, 9.17) is 27.3 Å². The number of rotatable bonds is 2. The molecule has 1 aromatic carbocycles. The van der Waals surface area contributed by atoms with Crippen LogP contribution in [0.25, 0.3) is 0 Å². The van der Waals surface area contributed by atoms with Gasteiger partial charge in [-0.3, -0.25) is 0 Å². The number of hydrogen-bond acceptors (Lipinski definition) is 4. The second-order valence-electron chi connectivity index (χ2n) is 3.27. The predicted molar refractivity (Wildman–Crippen MR) is 64.9 cm³/mol. The van der Waals surface area contributed by atoms with E-state index in [1.807, 2.05) is 6.07 Å². The van der Waals surface area contributed by atoms with E-state index < -0.39 is 0 Å². The number of nitrogens with zero attached hydrogens (tertiary/aromatic N) is 2. The fourth-order valence-electron chi connectivity index (χ4n) is 1.26. The Bertz CT molecular complexity index is 593. The number of aromatic nitrogens is 1. The number of nitrogens with two attached hydrogens (primary N) is 1. The molecular formula is C12H8ClN3O. The lowest BCUT2D eigenvalue weighted by molar-refractivity contribution is 0.484. The second kappa shape index (κ2) is 4.73. The maximum absolute atomic E-state index is 8.71. The minimum atomic E-state index is 0.281. The van der Waals surface area contributed by atoms with E-state index in [0.717, 1.165) is 0 Å². The second-order valence-corrected chi connectivity index (χ2v) is 3.71. The van der Waals surface area contributed by atoms with E-state index >= 15 is 0 Å². The van der Waals surface area contributed by atoms with Crippen LogP contribution in [0.15, 0.2) is 36.5 Å². The summed E-state index contributed by atoms with van der Waals surface area (Å²) in [5.74, 6) is 0.943. The summed E-state index contributed by atoms with van der Waals surface area (Å²) >= 11 is 5.84. The van der Waals surface area contributed by atoms with Crippen molar-refractivity contribution in [3.8, 4) is 17.6 Å². The van der Waals surface area contributed by atoms with Gasteiger partial charge in [0.2, 0.25) is 0 Å². The Balaban J connectivity index is 2.31. The normalized spacial score (nSPS) is 9.65. The zero-order chi connectivity index (χ0) is 12.3. The molecule has 0 saturated carbocycles. The minimum absolute atomic E-state index is 0.281. The molecule has 1 aromatic heterocycles. The van der Waals surface area contributed by atoms with Crippen LogP contribution in [0.1, 0.15) is 5.69 Å². The first kappa shape index (κ1) is 11.2. The summed E-state index contributed by atoms with van der Waals surface area (Å²) in [6.45, 7) is 0. The van der Waals surface area contributed by atoms with E-state index in [2.05, 4.69) is 4.98 Å². The molecule has 4 nitrogen and oxygen atoms in total. The molecule has 0 aliphatic carbocycles. The van der Waals surface area contributed by atoms with Crippen LogP contribution < -0.4 is 10.5 Å². The van der Waals surface area contributed by atoms with Crippen molar-refractivity contribution in [2.75, 3.05) is 5.73 Å². The first-order chi connectivity index (χ1) is 8.19. The van der Waals surface area contributed by atoms with Crippen LogP contribution >= 0.6 is 11.6 Å². The highest BCUT2D eigenvalue weighted by Crippen LogP contribution is 2.30.